The van der Waals surface area contributed by atoms with Gasteiger partial charge in [0.15, 0.2) is 0 Å². The minimum absolute atomic E-state index is 0.118. The molecule has 0 bridgehead atoms. The molecule has 1 saturated carbocycles. The number of rotatable bonds is 16. The number of hydrogen-bond acceptors (Lipinski definition) is 8. The van der Waals surface area contributed by atoms with Gasteiger partial charge in [-0.15, -0.1) is 0 Å². The van der Waals surface area contributed by atoms with Crippen LogP contribution in [0.4, 0.5) is 10.2 Å². The molecule has 1 fully saturated rings. The van der Waals surface area contributed by atoms with Gasteiger partial charge in [0, 0.05) is 50.4 Å². The number of carbonyl (C=O) groups is 2. The summed E-state index contributed by atoms with van der Waals surface area (Å²) in [6, 6.07) is 5.07. The first-order valence-electron chi connectivity index (χ1n) is 14.4. The van der Waals surface area contributed by atoms with Gasteiger partial charge in [0.1, 0.15) is 24.6 Å². The average molecular weight is 601 g/mol. The fourth-order valence-electron chi connectivity index (χ4n) is 5.51. The maximum Gasteiger partial charge on any atom is 0.326 e. The Morgan fingerprint density at radius 2 is 2.12 bits per heavy atom. The summed E-state index contributed by atoms with van der Waals surface area (Å²) in [5.74, 6) is -0.672. The molecular formula is C30H38ClFN6O4. The summed E-state index contributed by atoms with van der Waals surface area (Å²) in [4.78, 5) is 36.2. The molecule has 4 rings (SSSR count). The number of aryl methyl sites for hydroxylation is 2. The number of halogens is 2. The predicted molar refractivity (Wildman–Crippen MR) is 156 cm³/mol. The van der Waals surface area contributed by atoms with Crippen LogP contribution in [0.3, 0.4) is 0 Å². The summed E-state index contributed by atoms with van der Waals surface area (Å²) in [5.41, 5.74) is 1.81. The Morgan fingerprint density at radius 3 is 2.81 bits per heavy atom. The number of carboxylic acid groups (broad SMARTS) is 1. The van der Waals surface area contributed by atoms with Gasteiger partial charge < -0.3 is 25.4 Å². The first kappa shape index (κ1) is 31.6. The predicted octanol–water partition coefficient (Wildman–Crippen LogP) is 3.66. The van der Waals surface area contributed by atoms with Crippen LogP contribution in [0.5, 0.6) is 0 Å². The second-order valence-electron chi connectivity index (χ2n) is 11.0. The number of carbonyl (C=O) groups excluding carboxylic acids is 1. The van der Waals surface area contributed by atoms with E-state index in [1.807, 2.05) is 11.0 Å². The van der Waals surface area contributed by atoms with Crippen molar-refractivity contribution in [3.8, 4) is 6.07 Å². The SMILES string of the molecule is CO[C@H](CF)CN(CCCCc1ccc2c(n1)NCCC2)CC[C@H](NC(=O)C1(c2c(Cl)cncc2C#N)CC1)C(=O)O. The Bertz CT molecular complexity index is 1300. The molecule has 0 saturated heterocycles. The van der Waals surface area contributed by atoms with E-state index in [1.165, 1.54) is 25.1 Å². The Hall–Kier alpha value is -3.33. The van der Waals surface area contributed by atoms with Crippen LogP contribution in [-0.2, 0) is 32.6 Å². The van der Waals surface area contributed by atoms with Crippen LogP contribution < -0.4 is 10.6 Å². The van der Waals surface area contributed by atoms with E-state index in [4.69, 9.17) is 21.3 Å². The highest BCUT2D eigenvalue weighted by molar-refractivity contribution is 6.32. The Labute approximate surface area is 250 Å². The van der Waals surface area contributed by atoms with Crippen molar-refractivity contribution in [1.29, 1.82) is 5.26 Å². The Kier molecular flexibility index (Phi) is 11.1. The van der Waals surface area contributed by atoms with Gasteiger partial charge in [0.05, 0.1) is 22.1 Å². The smallest absolute Gasteiger partial charge is 0.326 e. The number of nitriles is 1. The zero-order valence-electron chi connectivity index (χ0n) is 23.9. The summed E-state index contributed by atoms with van der Waals surface area (Å²) in [7, 11) is 1.45. The zero-order chi connectivity index (χ0) is 30.1. The molecule has 12 heteroatoms. The molecule has 10 nitrogen and oxygen atoms in total. The molecule has 0 unspecified atom stereocenters. The molecule has 2 atom stereocenters. The third-order valence-electron chi connectivity index (χ3n) is 8.10. The fraction of sp³-hybridized carbons (Fsp3) is 0.567. The molecule has 2 aromatic heterocycles. The number of nitrogens with zero attached hydrogens (tertiary/aromatic N) is 4. The van der Waals surface area contributed by atoms with Gasteiger partial charge in [-0.05, 0) is 69.5 Å². The quantitative estimate of drug-likeness (QED) is 0.246. The Balaban J connectivity index is 1.35. The van der Waals surface area contributed by atoms with Crippen molar-refractivity contribution in [1.82, 2.24) is 20.2 Å². The van der Waals surface area contributed by atoms with Crippen molar-refractivity contribution in [2.24, 2.45) is 0 Å². The highest BCUT2D eigenvalue weighted by atomic mass is 35.5. The lowest BCUT2D eigenvalue weighted by molar-refractivity contribution is -0.142. The lowest BCUT2D eigenvalue weighted by Crippen LogP contribution is -2.48. The van der Waals surface area contributed by atoms with Crippen LogP contribution in [-0.4, -0.2) is 84.0 Å². The number of unbranched alkanes of at least 4 members (excludes halogenated alkanes) is 1. The number of pyridine rings is 2. The van der Waals surface area contributed by atoms with E-state index < -0.39 is 36.1 Å². The number of alkyl halides is 1. The summed E-state index contributed by atoms with van der Waals surface area (Å²) in [6.07, 6.45) is 7.76. The second kappa shape index (κ2) is 14.7. The first-order chi connectivity index (χ1) is 20.3. The number of carboxylic acids is 1. The fourth-order valence-corrected chi connectivity index (χ4v) is 5.84. The molecule has 1 aliphatic heterocycles. The van der Waals surface area contributed by atoms with Gasteiger partial charge in [0.25, 0.3) is 0 Å². The largest absolute Gasteiger partial charge is 0.480 e. The number of methoxy groups -OCH3 is 1. The maximum absolute atomic E-state index is 13.5. The number of amides is 1. The molecule has 2 aliphatic rings. The molecule has 3 heterocycles. The highest BCUT2D eigenvalue weighted by Gasteiger charge is 2.54. The van der Waals surface area contributed by atoms with E-state index in [0.717, 1.165) is 50.2 Å². The van der Waals surface area contributed by atoms with Crippen molar-refractivity contribution in [3.63, 3.8) is 0 Å². The monoisotopic (exact) mass is 600 g/mol. The summed E-state index contributed by atoms with van der Waals surface area (Å²) in [6.45, 7) is 1.52. The van der Waals surface area contributed by atoms with Crippen molar-refractivity contribution >= 4 is 29.3 Å². The van der Waals surface area contributed by atoms with Crippen LogP contribution in [0.25, 0.3) is 0 Å². The molecule has 0 aromatic carbocycles. The van der Waals surface area contributed by atoms with E-state index in [1.54, 1.807) is 0 Å². The minimum Gasteiger partial charge on any atom is -0.480 e. The molecule has 0 radical (unpaired) electrons. The summed E-state index contributed by atoms with van der Waals surface area (Å²) in [5, 5.41) is 25.7. The molecule has 1 aliphatic carbocycles. The molecular weight excluding hydrogens is 563 g/mol. The number of ether oxygens (including phenoxy) is 1. The van der Waals surface area contributed by atoms with E-state index in [9.17, 15) is 24.3 Å². The molecule has 42 heavy (non-hydrogen) atoms. The van der Waals surface area contributed by atoms with E-state index in [-0.39, 0.29) is 17.0 Å². The molecule has 226 valence electrons. The van der Waals surface area contributed by atoms with Crippen LogP contribution in [0.2, 0.25) is 5.02 Å². The number of anilines is 1. The third kappa shape index (κ3) is 7.73. The first-order valence-corrected chi connectivity index (χ1v) is 14.8. The average Bonchev–Trinajstić information content (AvgIpc) is 3.80. The van der Waals surface area contributed by atoms with Gasteiger partial charge in [-0.2, -0.15) is 5.26 Å². The van der Waals surface area contributed by atoms with Crippen molar-refractivity contribution < 1.29 is 23.8 Å². The second-order valence-corrected chi connectivity index (χ2v) is 11.4. The van der Waals surface area contributed by atoms with Crippen LogP contribution in [0.15, 0.2) is 24.5 Å². The van der Waals surface area contributed by atoms with Crippen LogP contribution in [0.1, 0.15) is 60.9 Å². The summed E-state index contributed by atoms with van der Waals surface area (Å²) < 4.78 is 18.8. The van der Waals surface area contributed by atoms with Gasteiger partial charge in [-0.3, -0.25) is 9.78 Å². The molecule has 1 amide bonds. The summed E-state index contributed by atoms with van der Waals surface area (Å²) >= 11 is 6.32. The minimum atomic E-state index is -1.17. The molecule has 3 N–H and O–H groups in total. The van der Waals surface area contributed by atoms with Crippen LogP contribution >= 0.6 is 11.6 Å². The third-order valence-corrected chi connectivity index (χ3v) is 8.38. The molecule has 0 spiro atoms. The van der Waals surface area contributed by atoms with E-state index in [0.29, 0.717) is 38.0 Å². The van der Waals surface area contributed by atoms with Gasteiger partial charge in [0.2, 0.25) is 5.91 Å². The number of aromatic nitrogens is 2. The van der Waals surface area contributed by atoms with Gasteiger partial charge in [-0.25, -0.2) is 14.2 Å². The molecule has 2 aromatic rings. The van der Waals surface area contributed by atoms with E-state index >= 15 is 0 Å². The topological polar surface area (TPSA) is 140 Å². The lowest BCUT2D eigenvalue weighted by Gasteiger charge is -2.28. The standard InChI is InChI=1S/C30H38ClFN6O4/c1-42-23(15-32)19-38(13-3-2-6-22-8-7-20-5-4-12-35-27(20)36-22)14-9-25(28(39)40)37-29(41)30(10-11-30)26-21(16-33)17-34-18-24(26)31/h7-8,17-18,23,25H,2-6,9-15,19H2,1H3,(H,35,36)(H,37,41)(H,39,40)/t23-,25+/m1/s1. The maximum atomic E-state index is 13.5. The van der Waals surface area contributed by atoms with Crippen LogP contribution in [0, 0.1) is 11.3 Å². The number of hydrogen-bond donors (Lipinski definition) is 3. The van der Waals surface area contributed by atoms with Gasteiger partial charge >= 0.3 is 5.97 Å². The van der Waals surface area contributed by atoms with Crippen molar-refractivity contribution in [2.45, 2.75) is 68.9 Å². The lowest BCUT2D eigenvalue weighted by atomic mass is 9.91. The number of nitrogens with one attached hydrogen (secondary N) is 2. The Morgan fingerprint density at radius 1 is 1.31 bits per heavy atom. The highest BCUT2D eigenvalue weighted by Crippen LogP contribution is 2.51. The normalized spacial score (nSPS) is 16.5. The van der Waals surface area contributed by atoms with Crippen molar-refractivity contribution in [3.05, 3.63) is 51.9 Å². The van der Waals surface area contributed by atoms with E-state index in [2.05, 4.69) is 27.8 Å². The zero-order valence-corrected chi connectivity index (χ0v) is 24.6. The number of aliphatic carboxylic acids is 1. The van der Waals surface area contributed by atoms with Gasteiger partial charge in [-0.1, -0.05) is 17.7 Å². The van der Waals surface area contributed by atoms with Crippen molar-refractivity contribution in [2.75, 3.05) is 45.3 Å². The number of fused-ring (bicyclic) bond motifs is 1.